The topological polar surface area (TPSA) is 79.9 Å². The summed E-state index contributed by atoms with van der Waals surface area (Å²) in [5.41, 5.74) is 6.12. The van der Waals surface area contributed by atoms with Crippen LogP contribution in [0.4, 0.5) is 8.78 Å². The SMILES string of the molecule is C.C.Cc1cc2c(B3OC(C)(C)C(C)(C)O3)c(F)ccc2nc1-c1cnn(C)c1.Cc1cc2c(Cl)c(F)ccc2nc1-c1cnn(C)c1. The van der Waals surface area contributed by atoms with E-state index in [2.05, 4.69) is 15.2 Å². The summed E-state index contributed by atoms with van der Waals surface area (Å²) in [4.78, 5) is 9.33. The lowest BCUT2D eigenvalue weighted by molar-refractivity contribution is 0.00578. The second kappa shape index (κ2) is 13.4. The smallest absolute Gasteiger partial charge is 0.399 e. The Morgan fingerprint density at radius 3 is 1.60 bits per heavy atom. The van der Waals surface area contributed by atoms with E-state index in [-0.39, 0.29) is 25.7 Å². The van der Waals surface area contributed by atoms with Gasteiger partial charge in [-0.05, 0) is 89.1 Å². The van der Waals surface area contributed by atoms with Crippen molar-refractivity contribution < 1.29 is 18.1 Å². The third kappa shape index (κ3) is 6.59. The van der Waals surface area contributed by atoms with E-state index in [1.807, 2.05) is 80.2 Å². The van der Waals surface area contributed by atoms with Crippen molar-refractivity contribution in [1.82, 2.24) is 29.5 Å². The molecular formula is C36H42BClF2N6O2. The molecule has 0 atom stereocenters. The van der Waals surface area contributed by atoms with Crippen LogP contribution in [0.2, 0.25) is 5.02 Å². The fraction of sp³-hybridized carbons (Fsp3) is 0.333. The number of aryl methyl sites for hydroxylation is 4. The minimum Gasteiger partial charge on any atom is -0.399 e. The van der Waals surface area contributed by atoms with Crippen LogP contribution in [0.25, 0.3) is 44.3 Å². The first kappa shape index (κ1) is 36.6. The summed E-state index contributed by atoms with van der Waals surface area (Å²) >= 11 is 5.97. The number of pyridine rings is 2. The van der Waals surface area contributed by atoms with Crippen molar-refractivity contribution >= 4 is 46.0 Å². The summed E-state index contributed by atoms with van der Waals surface area (Å²) in [6.07, 6.45) is 7.35. The van der Waals surface area contributed by atoms with E-state index in [1.165, 1.54) is 12.1 Å². The van der Waals surface area contributed by atoms with Crippen molar-refractivity contribution in [1.29, 1.82) is 0 Å². The second-order valence-electron chi connectivity index (χ2n) is 12.7. The standard InChI is InChI=1S/C20H23BFN3O2.C14H11ClFN3.2CH4/c1-12-9-14-16(24-18(12)13-10-23-25(6)11-13)8-7-15(22)17(14)21-26-19(2,3)20(4,5)27-21;1-8-5-10-12(4-3-11(16)13(10)15)18-14(8)9-6-17-19(2)7-9;;/h7-11H,1-6H3;3-7H,1-2H3;2*1H4. The first-order valence-corrected chi connectivity index (χ1v) is 15.2. The highest BCUT2D eigenvalue weighted by molar-refractivity contribution is 6.65. The van der Waals surface area contributed by atoms with Gasteiger partial charge in [0.1, 0.15) is 11.6 Å². The number of nitrogens with zero attached hydrogens (tertiary/aromatic N) is 6. The summed E-state index contributed by atoms with van der Waals surface area (Å²) in [5.74, 6) is -0.777. The number of hydrogen-bond donors (Lipinski definition) is 0. The summed E-state index contributed by atoms with van der Waals surface area (Å²) in [5, 5.41) is 9.81. The monoisotopic (exact) mass is 674 g/mol. The van der Waals surface area contributed by atoms with Gasteiger partial charge in [-0.3, -0.25) is 9.36 Å². The molecule has 0 bridgehead atoms. The Hall–Kier alpha value is -4.19. The molecule has 48 heavy (non-hydrogen) atoms. The highest BCUT2D eigenvalue weighted by Gasteiger charge is 2.53. The maximum absolute atomic E-state index is 14.8. The molecule has 0 spiro atoms. The van der Waals surface area contributed by atoms with Crippen LogP contribution in [0.1, 0.15) is 53.7 Å². The molecule has 252 valence electrons. The summed E-state index contributed by atoms with van der Waals surface area (Å²) < 4.78 is 43.9. The molecule has 0 unspecified atom stereocenters. The van der Waals surface area contributed by atoms with Gasteiger partial charge < -0.3 is 9.31 Å². The van der Waals surface area contributed by atoms with Gasteiger partial charge in [0, 0.05) is 53.9 Å². The van der Waals surface area contributed by atoms with Gasteiger partial charge in [-0.15, -0.1) is 0 Å². The molecule has 0 aliphatic carbocycles. The van der Waals surface area contributed by atoms with Crippen LogP contribution in [-0.4, -0.2) is 47.8 Å². The van der Waals surface area contributed by atoms with Gasteiger partial charge in [0.25, 0.3) is 0 Å². The lowest BCUT2D eigenvalue weighted by atomic mass is 9.76. The second-order valence-corrected chi connectivity index (χ2v) is 13.0. The lowest BCUT2D eigenvalue weighted by Gasteiger charge is -2.32. The molecule has 0 amide bonds. The quantitative estimate of drug-likeness (QED) is 0.176. The van der Waals surface area contributed by atoms with Gasteiger partial charge in [-0.25, -0.2) is 18.7 Å². The van der Waals surface area contributed by atoms with E-state index in [4.69, 9.17) is 25.9 Å². The van der Waals surface area contributed by atoms with Gasteiger partial charge in [0.15, 0.2) is 0 Å². The van der Waals surface area contributed by atoms with Crippen molar-refractivity contribution in [3.05, 3.63) is 89.0 Å². The Morgan fingerprint density at radius 1 is 0.708 bits per heavy atom. The van der Waals surface area contributed by atoms with Crippen LogP contribution in [0.15, 0.2) is 61.2 Å². The largest absolute Gasteiger partial charge is 0.498 e. The molecule has 1 aliphatic rings. The Morgan fingerprint density at radius 2 is 1.15 bits per heavy atom. The van der Waals surface area contributed by atoms with Gasteiger partial charge in [0.05, 0.1) is 51.0 Å². The van der Waals surface area contributed by atoms with Crippen molar-refractivity contribution in [3.8, 4) is 22.5 Å². The molecule has 0 saturated carbocycles. The minimum atomic E-state index is -0.774. The molecule has 5 heterocycles. The summed E-state index contributed by atoms with van der Waals surface area (Å²) in [6, 6.07) is 9.90. The van der Waals surface area contributed by atoms with Gasteiger partial charge in [-0.2, -0.15) is 10.2 Å². The van der Waals surface area contributed by atoms with Crippen molar-refractivity contribution in [2.24, 2.45) is 14.1 Å². The number of halogens is 3. The predicted molar refractivity (Wildman–Crippen MR) is 191 cm³/mol. The maximum atomic E-state index is 14.8. The first-order valence-electron chi connectivity index (χ1n) is 14.8. The number of benzene rings is 2. The third-order valence-corrected chi connectivity index (χ3v) is 9.08. The van der Waals surface area contributed by atoms with Gasteiger partial charge in [0.2, 0.25) is 0 Å². The first-order chi connectivity index (χ1) is 21.6. The van der Waals surface area contributed by atoms with E-state index in [9.17, 15) is 8.78 Å². The van der Waals surface area contributed by atoms with E-state index in [1.54, 1.807) is 33.9 Å². The van der Waals surface area contributed by atoms with E-state index >= 15 is 0 Å². The molecular weight excluding hydrogens is 633 g/mol. The fourth-order valence-electron chi connectivity index (χ4n) is 5.50. The van der Waals surface area contributed by atoms with E-state index in [0.717, 1.165) is 33.6 Å². The Bertz CT molecular complexity index is 2110. The van der Waals surface area contributed by atoms with Crippen LogP contribution in [0.5, 0.6) is 0 Å². The van der Waals surface area contributed by atoms with Crippen LogP contribution >= 0.6 is 11.6 Å². The normalized spacial score (nSPS) is 14.8. The van der Waals surface area contributed by atoms with Gasteiger partial charge in [-0.1, -0.05) is 26.5 Å². The molecule has 2 aromatic carbocycles. The number of fused-ring (bicyclic) bond motifs is 2. The van der Waals surface area contributed by atoms with Crippen molar-refractivity contribution in [2.45, 2.75) is 67.6 Å². The Kier molecular flexibility index (Phi) is 10.2. The van der Waals surface area contributed by atoms with Gasteiger partial charge >= 0.3 is 7.12 Å². The molecule has 0 radical (unpaired) electrons. The molecule has 1 saturated heterocycles. The number of hydrogen-bond acceptors (Lipinski definition) is 6. The third-order valence-electron chi connectivity index (χ3n) is 8.70. The minimum absolute atomic E-state index is 0. The van der Waals surface area contributed by atoms with Crippen molar-refractivity contribution in [3.63, 3.8) is 0 Å². The molecule has 0 N–H and O–H groups in total. The van der Waals surface area contributed by atoms with Crippen LogP contribution < -0.4 is 5.46 Å². The zero-order valence-electron chi connectivity index (χ0n) is 27.0. The molecule has 6 aromatic rings. The van der Waals surface area contributed by atoms with Crippen molar-refractivity contribution in [2.75, 3.05) is 0 Å². The number of aromatic nitrogens is 6. The molecule has 1 fully saturated rings. The summed E-state index contributed by atoms with van der Waals surface area (Å²) in [6.45, 7) is 11.7. The molecule has 8 nitrogen and oxygen atoms in total. The highest BCUT2D eigenvalue weighted by Crippen LogP contribution is 2.37. The number of rotatable bonds is 3. The zero-order valence-corrected chi connectivity index (χ0v) is 27.7. The molecule has 1 aliphatic heterocycles. The van der Waals surface area contributed by atoms with Crippen LogP contribution in [0.3, 0.4) is 0 Å². The predicted octanol–water partition coefficient (Wildman–Crippen LogP) is 8.39. The molecule has 4 aromatic heterocycles. The van der Waals surface area contributed by atoms with E-state index < -0.39 is 24.1 Å². The fourth-order valence-corrected chi connectivity index (χ4v) is 5.71. The zero-order chi connectivity index (χ0) is 33.1. The highest BCUT2D eigenvalue weighted by atomic mass is 35.5. The Balaban J connectivity index is 0.000000220. The van der Waals surface area contributed by atoms with Crippen LogP contribution in [0, 0.1) is 25.5 Å². The average Bonchev–Trinajstić information content (AvgIpc) is 3.67. The average molecular weight is 675 g/mol. The van der Waals surface area contributed by atoms with Crippen LogP contribution in [-0.2, 0) is 23.4 Å². The van der Waals surface area contributed by atoms with E-state index in [0.29, 0.717) is 27.3 Å². The molecule has 12 heteroatoms. The molecule has 7 rings (SSSR count). The summed E-state index contributed by atoms with van der Waals surface area (Å²) in [7, 11) is 2.95. The lowest BCUT2D eigenvalue weighted by Crippen LogP contribution is -2.41. The Labute approximate surface area is 286 Å². The maximum Gasteiger partial charge on any atom is 0.498 e.